The van der Waals surface area contributed by atoms with E-state index in [-0.39, 0.29) is 25.1 Å². The van der Waals surface area contributed by atoms with Crippen LogP contribution in [0.25, 0.3) is 0 Å². The molecule has 0 heterocycles. The van der Waals surface area contributed by atoms with Crippen LogP contribution in [0.2, 0.25) is 0 Å². The number of allylic oxidation sites excluding steroid dienone is 3. The molecule has 0 aromatic heterocycles. The van der Waals surface area contributed by atoms with Crippen LogP contribution >= 0.6 is 7.82 Å². The Hall–Kier alpha value is -1.51. The summed E-state index contributed by atoms with van der Waals surface area (Å²) in [4.78, 5) is 37.9. The SMILES string of the molecule is CCCCCCCC/C=C/CCCCCCCCCCCCCCCCCC(=O)NC(COP(=O)(O)OCC[N+](C)(C)C)C(/C=C\CCCCCCCCCCCCC)OC(=O)CCCCCCCCCCCCCCCCCCCCC. The lowest BCUT2D eigenvalue weighted by molar-refractivity contribution is -0.870. The molecular weight excluding hydrogens is 1050 g/mol. The van der Waals surface area contributed by atoms with E-state index in [1.807, 2.05) is 27.2 Å². The summed E-state index contributed by atoms with van der Waals surface area (Å²) in [5.74, 6) is -0.479. The number of ether oxygens (including phenoxy) is 1. The smallest absolute Gasteiger partial charge is 0.456 e. The van der Waals surface area contributed by atoms with Gasteiger partial charge in [0.25, 0.3) is 0 Å². The molecule has 3 atom stereocenters. The van der Waals surface area contributed by atoms with E-state index in [2.05, 4.69) is 44.3 Å². The molecule has 0 saturated heterocycles. The second-order valence-corrected chi connectivity index (χ2v) is 27.9. The standard InChI is InChI=1S/C73H143N2O7P/c1-7-10-13-16-19-22-25-28-30-32-34-35-36-37-38-39-41-42-44-47-50-53-56-59-62-65-72(76)74-70(69-81-83(78,79)80-68-67-75(4,5)6)71(64-61-58-55-52-49-46-27-24-21-18-15-12-9-3)82-73(77)66-63-60-57-54-51-48-45-43-40-33-31-29-26-23-20-17-14-11-8-2/h28,30,61,64,70-71H,7-27,29,31-60,62-63,65-69H2,1-6H3,(H-,74,76,78,79)/p+1/b30-28+,64-61-. The van der Waals surface area contributed by atoms with E-state index in [4.69, 9.17) is 13.8 Å². The fourth-order valence-corrected chi connectivity index (χ4v) is 12.0. The van der Waals surface area contributed by atoms with Gasteiger partial charge in [0.1, 0.15) is 19.3 Å². The minimum atomic E-state index is -4.45. The Morgan fingerprint density at radius 2 is 0.699 bits per heavy atom. The number of phosphoric ester groups is 1. The fraction of sp³-hybridized carbons (Fsp3) is 0.918. The lowest BCUT2D eigenvalue weighted by Gasteiger charge is -2.27. The summed E-state index contributed by atoms with van der Waals surface area (Å²) in [7, 11) is 1.52. The Bertz CT molecular complexity index is 1470. The van der Waals surface area contributed by atoms with E-state index in [0.717, 1.165) is 57.8 Å². The van der Waals surface area contributed by atoms with Crippen LogP contribution in [0.4, 0.5) is 0 Å². The molecule has 0 spiro atoms. The first-order valence-corrected chi connectivity index (χ1v) is 38.2. The van der Waals surface area contributed by atoms with Crippen molar-refractivity contribution in [3.63, 3.8) is 0 Å². The first-order valence-electron chi connectivity index (χ1n) is 36.7. The summed E-state index contributed by atoms with van der Waals surface area (Å²) >= 11 is 0. The van der Waals surface area contributed by atoms with E-state index < -0.39 is 20.0 Å². The first-order chi connectivity index (χ1) is 40.4. The number of rotatable bonds is 68. The molecule has 0 fully saturated rings. The van der Waals surface area contributed by atoms with Crippen LogP contribution in [0.5, 0.6) is 0 Å². The number of hydrogen-bond donors (Lipinski definition) is 2. The molecule has 2 N–H and O–H groups in total. The average molecular weight is 1190 g/mol. The molecule has 83 heavy (non-hydrogen) atoms. The Labute approximate surface area is 517 Å². The summed E-state index contributed by atoms with van der Waals surface area (Å²) in [5, 5.41) is 3.08. The zero-order chi connectivity index (χ0) is 60.7. The maximum Gasteiger partial charge on any atom is 0.472 e. The monoisotopic (exact) mass is 1190 g/mol. The molecule has 3 unspecified atom stereocenters. The van der Waals surface area contributed by atoms with Crippen molar-refractivity contribution in [3.05, 3.63) is 24.3 Å². The molecule has 0 rings (SSSR count). The highest BCUT2D eigenvalue weighted by atomic mass is 31.2. The molecule has 492 valence electrons. The van der Waals surface area contributed by atoms with Crippen LogP contribution in [0.3, 0.4) is 0 Å². The third kappa shape index (κ3) is 64.8. The number of esters is 1. The number of amides is 1. The maximum atomic E-state index is 13.6. The molecule has 0 aromatic rings. The minimum absolute atomic E-state index is 0.0448. The second kappa shape index (κ2) is 63.5. The van der Waals surface area contributed by atoms with Crippen LogP contribution in [0.15, 0.2) is 24.3 Å². The fourth-order valence-electron chi connectivity index (χ4n) is 11.2. The van der Waals surface area contributed by atoms with Gasteiger partial charge in [0, 0.05) is 12.8 Å². The Kier molecular flexibility index (Phi) is 62.4. The van der Waals surface area contributed by atoms with E-state index in [1.54, 1.807) is 0 Å². The highest BCUT2D eigenvalue weighted by Gasteiger charge is 2.30. The molecule has 1 amide bonds. The third-order valence-electron chi connectivity index (χ3n) is 16.9. The van der Waals surface area contributed by atoms with E-state index in [9.17, 15) is 19.0 Å². The van der Waals surface area contributed by atoms with Crippen molar-refractivity contribution < 1.29 is 37.3 Å². The number of unbranched alkanes of at least 4 members (excludes halogenated alkanes) is 50. The van der Waals surface area contributed by atoms with E-state index >= 15 is 0 Å². The van der Waals surface area contributed by atoms with Gasteiger partial charge < -0.3 is 19.4 Å². The minimum Gasteiger partial charge on any atom is -0.456 e. The summed E-state index contributed by atoms with van der Waals surface area (Å²) in [5.41, 5.74) is 0. The van der Waals surface area contributed by atoms with Gasteiger partial charge in [0.15, 0.2) is 0 Å². The van der Waals surface area contributed by atoms with Crippen molar-refractivity contribution in [2.24, 2.45) is 0 Å². The quantitative estimate of drug-likeness (QED) is 0.0205. The summed E-state index contributed by atoms with van der Waals surface area (Å²) in [6.45, 7) is 7.09. The van der Waals surface area contributed by atoms with Crippen LogP contribution in [-0.4, -0.2) is 74.3 Å². The summed E-state index contributed by atoms with van der Waals surface area (Å²) in [6, 6.07) is -0.843. The average Bonchev–Trinajstić information content (AvgIpc) is 3.46. The zero-order valence-electron chi connectivity index (χ0n) is 56.5. The highest BCUT2D eigenvalue weighted by Crippen LogP contribution is 2.43. The van der Waals surface area contributed by atoms with Gasteiger partial charge in [0.05, 0.1) is 33.8 Å². The largest absolute Gasteiger partial charge is 0.472 e. The van der Waals surface area contributed by atoms with Crippen molar-refractivity contribution in [1.29, 1.82) is 0 Å². The van der Waals surface area contributed by atoms with Gasteiger partial charge in [-0.15, -0.1) is 0 Å². The molecule has 0 aliphatic rings. The Morgan fingerprint density at radius 1 is 0.410 bits per heavy atom. The highest BCUT2D eigenvalue weighted by molar-refractivity contribution is 7.47. The van der Waals surface area contributed by atoms with Gasteiger partial charge >= 0.3 is 13.8 Å². The van der Waals surface area contributed by atoms with Gasteiger partial charge in [0.2, 0.25) is 5.91 Å². The molecule has 0 aliphatic heterocycles. The predicted molar refractivity (Wildman–Crippen MR) is 360 cm³/mol. The van der Waals surface area contributed by atoms with Crippen molar-refractivity contribution in [2.45, 2.75) is 392 Å². The molecule has 0 bridgehead atoms. The van der Waals surface area contributed by atoms with Gasteiger partial charge in [-0.25, -0.2) is 4.57 Å². The topological polar surface area (TPSA) is 111 Å². The number of nitrogens with one attached hydrogen (secondary N) is 1. The number of phosphoric acid groups is 1. The van der Waals surface area contributed by atoms with Crippen molar-refractivity contribution in [1.82, 2.24) is 5.32 Å². The van der Waals surface area contributed by atoms with Crippen LogP contribution in [0.1, 0.15) is 380 Å². The Morgan fingerprint density at radius 3 is 1.02 bits per heavy atom. The first kappa shape index (κ1) is 81.5. The molecule has 0 radical (unpaired) electrons. The lowest BCUT2D eigenvalue weighted by Crippen LogP contribution is -2.47. The molecule has 9 nitrogen and oxygen atoms in total. The van der Waals surface area contributed by atoms with Crippen LogP contribution in [-0.2, 0) is 27.9 Å². The van der Waals surface area contributed by atoms with Crippen LogP contribution in [0, 0.1) is 0 Å². The van der Waals surface area contributed by atoms with E-state index in [1.165, 1.54) is 289 Å². The van der Waals surface area contributed by atoms with Gasteiger partial charge in [-0.3, -0.25) is 18.6 Å². The van der Waals surface area contributed by atoms with Gasteiger partial charge in [-0.2, -0.15) is 0 Å². The second-order valence-electron chi connectivity index (χ2n) is 26.5. The molecule has 0 aromatic carbocycles. The zero-order valence-corrected chi connectivity index (χ0v) is 57.4. The maximum absolute atomic E-state index is 13.6. The van der Waals surface area contributed by atoms with Crippen molar-refractivity contribution in [3.8, 4) is 0 Å². The molecule has 0 saturated carbocycles. The molecule has 0 aliphatic carbocycles. The molecule has 10 heteroatoms. The lowest BCUT2D eigenvalue weighted by atomic mass is 10.0. The predicted octanol–water partition coefficient (Wildman–Crippen LogP) is 23.2. The van der Waals surface area contributed by atoms with Crippen molar-refractivity contribution >= 4 is 19.7 Å². The third-order valence-corrected chi connectivity index (χ3v) is 17.9. The van der Waals surface area contributed by atoms with Gasteiger partial charge in [-0.1, -0.05) is 334 Å². The number of carbonyl (C=O) groups excluding carboxylic acids is 2. The van der Waals surface area contributed by atoms with Crippen molar-refractivity contribution in [2.75, 3.05) is 40.9 Å². The number of hydrogen-bond acceptors (Lipinski definition) is 6. The molecular formula is C73H144N2O7P+. The number of carbonyl (C=O) groups is 2. The summed E-state index contributed by atoms with van der Waals surface area (Å²) < 4.78 is 30.9. The Balaban J connectivity index is 5.02. The number of quaternary nitrogens is 1. The summed E-state index contributed by atoms with van der Waals surface area (Å²) in [6.07, 6.45) is 77.6. The number of nitrogens with zero attached hydrogens (tertiary/aromatic N) is 1. The van der Waals surface area contributed by atoms with E-state index in [0.29, 0.717) is 23.9 Å². The normalized spacial score (nSPS) is 13.6. The van der Waals surface area contributed by atoms with Gasteiger partial charge in [-0.05, 0) is 57.4 Å². The number of likely N-dealkylation sites (N-methyl/N-ethyl adjacent to an activating group) is 1. The van der Waals surface area contributed by atoms with Crippen LogP contribution < -0.4 is 5.32 Å².